The summed E-state index contributed by atoms with van der Waals surface area (Å²) in [6.45, 7) is 3.56. The quantitative estimate of drug-likeness (QED) is 0.535. The van der Waals surface area contributed by atoms with Crippen molar-refractivity contribution in [1.82, 2.24) is 0 Å². The van der Waals surface area contributed by atoms with Crippen LogP contribution >= 0.6 is 0 Å². The van der Waals surface area contributed by atoms with E-state index in [4.69, 9.17) is 14.6 Å². The van der Waals surface area contributed by atoms with Crippen LogP contribution in [0.15, 0.2) is 0 Å². The number of carbonyl (C=O) groups is 1. The Morgan fingerprint density at radius 1 is 1.64 bits per heavy atom. The zero-order chi connectivity index (χ0) is 8.48. The molecule has 64 valence electrons. The van der Waals surface area contributed by atoms with Gasteiger partial charge < -0.3 is 19.4 Å². The van der Waals surface area contributed by atoms with Crippen molar-refractivity contribution in [1.29, 1.82) is 0 Å². The molecule has 1 fully saturated rings. The fourth-order valence-electron chi connectivity index (χ4n) is 0.940. The van der Waals surface area contributed by atoms with E-state index in [1.54, 1.807) is 13.8 Å². The van der Waals surface area contributed by atoms with Crippen LogP contribution in [0, 0.1) is 0 Å². The van der Waals surface area contributed by atoms with Gasteiger partial charge in [0.15, 0.2) is 12.1 Å². The summed E-state index contributed by atoms with van der Waals surface area (Å²) in [6.07, 6.45) is -0.992. The average Bonchev–Trinajstić information content (AvgIpc) is 1.94. The number of aliphatic hydroxyl groups excluding tert-OH is 1. The molecule has 4 nitrogen and oxygen atoms in total. The van der Waals surface area contributed by atoms with Gasteiger partial charge >= 0.3 is 0 Å². The monoisotopic (exact) mass is 160 g/mol. The van der Waals surface area contributed by atoms with E-state index in [1.165, 1.54) is 0 Å². The van der Waals surface area contributed by atoms with Gasteiger partial charge in [-0.3, -0.25) is 0 Å². The van der Waals surface area contributed by atoms with Gasteiger partial charge in [0.05, 0.1) is 6.61 Å². The fourth-order valence-corrected chi connectivity index (χ4v) is 0.940. The van der Waals surface area contributed by atoms with Crippen molar-refractivity contribution >= 4 is 6.29 Å². The SMILES string of the molecule is CC1(C)OCC(O)C(C=O)O1. The molecule has 11 heavy (non-hydrogen) atoms. The van der Waals surface area contributed by atoms with Crippen molar-refractivity contribution in [2.24, 2.45) is 0 Å². The minimum absolute atomic E-state index is 0.149. The summed E-state index contributed by atoms with van der Waals surface area (Å²) < 4.78 is 10.2. The number of hydrogen-bond donors (Lipinski definition) is 1. The second kappa shape index (κ2) is 2.89. The number of hydrogen-bond acceptors (Lipinski definition) is 4. The molecule has 0 amide bonds. The number of rotatable bonds is 1. The number of aldehydes is 1. The van der Waals surface area contributed by atoms with E-state index in [2.05, 4.69) is 0 Å². The highest BCUT2D eigenvalue weighted by molar-refractivity contribution is 5.57. The van der Waals surface area contributed by atoms with Crippen molar-refractivity contribution in [3.05, 3.63) is 0 Å². The van der Waals surface area contributed by atoms with Crippen LogP contribution in [0.3, 0.4) is 0 Å². The Balaban J connectivity index is 2.58. The van der Waals surface area contributed by atoms with Crippen molar-refractivity contribution < 1.29 is 19.4 Å². The van der Waals surface area contributed by atoms with Crippen molar-refractivity contribution in [3.63, 3.8) is 0 Å². The number of aliphatic hydroxyl groups is 1. The smallest absolute Gasteiger partial charge is 0.163 e. The lowest BCUT2D eigenvalue weighted by molar-refractivity contribution is -0.293. The Hall–Kier alpha value is -0.450. The van der Waals surface area contributed by atoms with Crippen LogP contribution in [-0.4, -0.2) is 36.0 Å². The molecule has 0 aromatic rings. The zero-order valence-corrected chi connectivity index (χ0v) is 6.61. The molecule has 0 saturated carbocycles. The molecule has 1 aliphatic rings. The minimum Gasteiger partial charge on any atom is -0.388 e. The van der Waals surface area contributed by atoms with Gasteiger partial charge in [0.25, 0.3) is 0 Å². The molecule has 1 heterocycles. The first kappa shape index (κ1) is 8.64. The molecule has 0 radical (unpaired) electrons. The number of carbonyl (C=O) groups excluding carboxylic acids is 1. The van der Waals surface area contributed by atoms with E-state index in [-0.39, 0.29) is 6.61 Å². The average molecular weight is 160 g/mol. The minimum atomic E-state index is -0.833. The van der Waals surface area contributed by atoms with Crippen molar-refractivity contribution in [3.8, 4) is 0 Å². The van der Waals surface area contributed by atoms with Crippen LogP contribution in [0.25, 0.3) is 0 Å². The maximum atomic E-state index is 10.3. The normalized spacial score (nSPS) is 36.6. The first-order valence-electron chi connectivity index (χ1n) is 3.50. The standard InChI is InChI=1S/C7H12O4/c1-7(2)10-4-5(9)6(3-8)11-7/h3,5-6,9H,4H2,1-2H3. The third kappa shape index (κ3) is 1.99. The van der Waals surface area contributed by atoms with Gasteiger partial charge in [0.2, 0.25) is 0 Å². The van der Waals surface area contributed by atoms with Gasteiger partial charge in [-0.05, 0) is 13.8 Å². The van der Waals surface area contributed by atoms with E-state index in [9.17, 15) is 4.79 Å². The lowest BCUT2D eigenvalue weighted by Gasteiger charge is -2.36. The van der Waals surface area contributed by atoms with Gasteiger partial charge in [0.1, 0.15) is 12.2 Å². The Morgan fingerprint density at radius 3 is 2.73 bits per heavy atom. The van der Waals surface area contributed by atoms with Crippen LogP contribution in [0.4, 0.5) is 0 Å². The molecule has 0 aromatic carbocycles. The highest BCUT2D eigenvalue weighted by Crippen LogP contribution is 2.20. The number of ether oxygens (including phenoxy) is 2. The molecule has 1 N–H and O–H groups in total. The first-order chi connectivity index (χ1) is 5.05. The highest BCUT2D eigenvalue weighted by Gasteiger charge is 2.35. The highest BCUT2D eigenvalue weighted by atomic mass is 16.7. The Labute approximate surface area is 65.1 Å². The Kier molecular flexibility index (Phi) is 2.27. The van der Waals surface area contributed by atoms with E-state index >= 15 is 0 Å². The van der Waals surface area contributed by atoms with Gasteiger partial charge in [-0.15, -0.1) is 0 Å². The van der Waals surface area contributed by atoms with Crippen LogP contribution < -0.4 is 0 Å². The van der Waals surface area contributed by atoms with E-state index in [0.717, 1.165) is 0 Å². The molecular formula is C7H12O4. The van der Waals surface area contributed by atoms with Crippen molar-refractivity contribution in [2.75, 3.05) is 6.61 Å². The van der Waals surface area contributed by atoms with E-state index < -0.39 is 18.0 Å². The van der Waals surface area contributed by atoms with Crippen LogP contribution in [0.2, 0.25) is 0 Å². The summed E-state index contributed by atoms with van der Waals surface area (Å²) >= 11 is 0. The molecule has 1 rings (SSSR count). The summed E-state index contributed by atoms with van der Waals surface area (Å²) in [5.74, 6) is -0.759. The van der Waals surface area contributed by atoms with Crippen LogP contribution in [0.1, 0.15) is 13.8 Å². The van der Waals surface area contributed by atoms with Gasteiger partial charge in [-0.1, -0.05) is 0 Å². The molecule has 0 spiro atoms. The van der Waals surface area contributed by atoms with Crippen LogP contribution in [0.5, 0.6) is 0 Å². The predicted molar refractivity (Wildman–Crippen MR) is 37.0 cm³/mol. The molecule has 0 aliphatic carbocycles. The summed E-state index contributed by atoms with van der Waals surface area (Å²) in [4.78, 5) is 10.3. The van der Waals surface area contributed by atoms with Gasteiger partial charge in [-0.2, -0.15) is 0 Å². The lowest BCUT2D eigenvalue weighted by Crippen LogP contribution is -2.49. The molecule has 2 unspecified atom stereocenters. The third-order valence-corrected chi connectivity index (χ3v) is 1.53. The summed E-state index contributed by atoms with van der Waals surface area (Å²) in [5, 5.41) is 9.12. The molecule has 4 heteroatoms. The Morgan fingerprint density at radius 2 is 2.27 bits per heavy atom. The maximum Gasteiger partial charge on any atom is 0.163 e. The van der Waals surface area contributed by atoms with Crippen molar-refractivity contribution in [2.45, 2.75) is 31.8 Å². The maximum absolute atomic E-state index is 10.3. The zero-order valence-electron chi connectivity index (χ0n) is 6.61. The van der Waals surface area contributed by atoms with E-state index in [0.29, 0.717) is 6.29 Å². The topological polar surface area (TPSA) is 55.8 Å². The van der Waals surface area contributed by atoms with E-state index in [1.807, 2.05) is 0 Å². The fraction of sp³-hybridized carbons (Fsp3) is 0.857. The second-order valence-corrected chi connectivity index (χ2v) is 3.00. The molecule has 1 aliphatic heterocycles. The predicted octanol–water partition coefficient (Wildman–Crippen LogP) is -0.302. The summed E-state index contributed by atoms with van der Waals surface area (Å²) in [5.41, 5.74) is 0. The third-order valence-electron chi connectivity index (χ3n) is 1.53. The second-order valence-electron chi connectivity index (χ2n) is 3.00. The molecule has 2 atom stereocenters. The van der Waals surface area contributed by atoms with Crippen LogP contribution in [-0.2, 0) is 14.3 Å². The largest absolute Gasteiger partial charge is 0.388 e. The molecule has 1 saturated heterocycles. The Bertz CT molecular complexity index is 155. The summed E-state index contributed by atoms with van der Waals surface area (Å²) in [6, 6.07) is 0. The molecule has 0 aromatic heterocycles. The van der Waals surface area contributed by atoms with Gasteiger partial charge in [-0.25, -0.2) is 0 Å². The summed E-state index contributed by atoms with van der Waals surface area (Å²) in [7, 11) is 0. The lowest BCUT2D eigenvalue weighted by atomic mass is 10.2. The molecule has 0 bridgehead atoms. The first-order valence-corrected chi connectivity index (χ1v) is 3.50. The van der Waals surface area contributed by atoms with Gasteiger partial charge in [0, 0.05) is 0 Å². The molecular weight excluding hydrogens is 148 g/mol.